The third-order valence-corrected chi connectivity index (χ3v) is 3.65. The van der Waals surface area contributed by atoms with Crippen molar-refractivity contribution in [2.45, 2.75) is 13.0 Å². The molecule has 0 aliphatic rings. The Balaban J connectivity index is 1.75. The quantitative estimate of drug-likeness (QED) is 0.437. The number of anilines is 2. The van der Waals surface area contributed by atoms with E-state index in [-0.39, 0.29) is 11.8 Å². The number of aromatic nitrogens is 2. The topological polar surface area (TPSA) is 102 Å². The molecular formula is C13H17N5O3S. The first kappa shape index (κ1) is 16.1. The van der Waals surface area contributed by atoms with Gasteiger partial charge in [0.15, 0.2) is 5.82 Å². The van der Waals surface area contributed by atoms with Gasteiger partial charge in [0.25, 0.3) is 5.69 Å². The Kier molecular flexibility index (Phi) is 5.61. The number of nitrogens with zero attached hydrogens (tertiary/aromatic N) is 3. The second kappa shape index (κ2) is 7.66. The lowest BCUT2D eigenvalue weighted by molar-refractivity contribution is -0.384. The number of nitro benzene ring substituents is 1. The molecular weight excluding hydrogens is 306 g/mol. The predicted octanol–water partition coefficient (Wildman–Crippen LogP) is 2.68. The van der Waals surface area contributed by atoms with E-state index in [2.05, 4.69) is 20.0 Å². The van der Waals surface area contributed by atoms with Crippen LogP contribution in [0, 0.1) is 10.1 Å². The lowest BCUT2D eigenvalue weighted by atomic mass is 10.3. The first-order valence-corrected chi connectivity index (χ1v) is 7.46. The van der Waals surface area contributed by atoms with Gasteiger partial charge < -0.3 is 15.4 Å². The van der Waals surface area contributed by atoms with Crippen LogP contribution < -0.4 is 10.6 Å². The molecule has 0 radical (unpaired) electrons. The fourth-order valence-corrected chi connectivity index (χ4v) is 2.32. The number of benzene rings is 1. The lowest BCUT2D eigenvalue weighted by Crippen LogP contribution is -2.13. The zero-order valence-electron chi connectivity index (χ0n) is 12.3. The molecule has 8 nitrogen and oxygen atoms in total. The summed E-state index contributed by atoms with van der Waals surface area (Å²) in [6, 6.07) is 6.31. The van der Waals surface area contributed by atoms with Crippen molar-refractivity contribution in [3.63, 3.8) is 0 Å². The molecule has 0 aliphatic heterocycles. The highest BCUT2D eigenvalue weighted by atomic mass is 32.1. The van der Waals surface area contributed by atoms with Gasteiger partial charge in [-0.1, -0.05) is 0 Å². The molecule has 0 saturated carbocycles. The normalized spacial score (nSPS) is 11.9. The summed E-state index contributed by atoms with van der Waals surface area (Å²) in [7, 11) is 1.62. The summed E-state index contributed by atoms with van der Waals surface area (Å²) in [5.74, 6) is 0.665. The molecule has 0 aliphatic carbocycles. The number of nitrogens with one attached hydrogen (secondary N) is 2. The third kappa shape index (κ3) is 4.37. The van der Waals surface area contributed by atoms with Crippen molar-refractivity contribution in [1.82, 2.24) is 9.36 Å². The van der Waals surface area contributed by atoms with Crippen molar-refractivity contribution in [2.75, 3.05) is 30.8 Å². The van der Waals surface area contributed by atoms with Gasteiger partial charge in [0.2, 0.25) is 5.13 Å². The number of nitro groups is 1. The van der Waals surface area contributed by atoms with Crippen molar-refractivity contribution in [3.05, 3.63) is 40.2 Å². The molecule has 0 amide bonds. The van der Waals surface area contributed by atoms with E-state index in [0.717, 1.165) is 10.8 Å². The zero-order valence-corrected chi connectivity index (χ0v) is 13.1. The van der Waals surface area contributed by atoms with E-state index >= 15 is 0 Å². The summed E-state index contributed by atoms with van der Waals surface area (Å²) in [6.07, 6.45) is -0.120. The Bertz CT molecular complexity index is 616. The van der Waals surface area contributed by atoms with Gasteiger partial charge in [0, 0.05) is 49.6 Å². The smallest absolute Gasteiger partial charge is 0.269 e. The summed E-state index contributed by atoms with van der Waals surface area (Å²) >= 11 is 1.29. The number of hydrogen-bond donors (Lipinski definition) is 2. The van der Waals surface area contributed by atoms with Gasteiger partial charge in [0.1, 0.15) is 6.10 Å². The Morgan fingerprint density at radius 2 is 2.00 bits per heavy atom. The van der Waals surface area contributed by atoms with Gasteiger partial charge >= 0.3 is 0 Å². The predicted molar refractivity (Wildman–Crippen MR) is 85.4 cm³/mol. The molecule has 2 rings (SSSR count). The first-order valence-electron chi connectivity index (χ1n) is 6.68. The summed E-state index contributed by atoms with van der Waals surface area (Å²) in [6.45, 7) is 3.21. The van der Waals surface area contributed by atoms with Crippen LogP contribution in [0.5, 0.6) is 0 Å². The average Bonchev–Trinajstić information content (AvgIpc) is 3.00. The second-order valence-corrected chi connectivity index (χ2v) is 5.25. The van der Waals surface area contributed by atoms with E-state index in [4.69, 9.17) is 4.74 Å². The Morgan fingerprint density at radius 1 is 1.32 bits per heavy atom. The highest BCUT2D eigenvalue weighted by Gasteiger charge is 2.10. The van der Waals surface area contributed by atoms with Crippen LogP contribution in [0.3, 0.4) is 0 Å². The van der Waals surface area contributed by atoms with E-state index in [0.29, 0.717) is 18.9 Å². The van der Waals surface area contributed by atoms with E-state index in [9.17, 15) is 10.1 Å². The van der Waals surface area contributed by atoms with Crippen LogP contribution >= 0.6 is 11.5 Å². The van der Waals surface area contributed by atoms with Crippen LogP contribution in [-0.2, 0) is 4.74 Å². The number of hydrogen-bond acceptors (Lipinski definition) is 8. The van der Waals surface area contributed by atoms with Crippen LogP contribution in [0.2, 0.25) is 0 Å². The first-order chi connectivity index (χ1) is 10.6. The highest BCUT2D eigenvalue weighted by Crippen LogP contribution is 2.18. The maximum Gasteiger partial charge on any atom is 0.269 e. The largest absolute Gasteiger partial charge is 0.383 e. The maximum absolute atomic E-state index is 10.6. The van der Waals surface area contributed by atoms with E-state index in [1.54, 1.807) is 19.2 Å². The van der Waals surface area contributed by atoms with Gasteiger partial charge in [-0.3, -0.25) is 10.1 Å². The van der Waals surface area contributed by atoms with Crippen LogP contribution in [0.4, 0.5) is 16.5 Å². The highest BCUT2D eigenvalue weighted by molar-refractivity contribution is 7.09. The molecule has 1 atom stereocenters. The number of rotatable bonds is 8. The number of methoxy groups -OCH3 is 1. The Labute approximate surface area is 131 Å². The molecule has 0 unspecified atom stereocenters. The monoisotopic (exact) mass is 323 g/mol. The number of non-ortho nitro benzene ring substituents is 1. The Hall–Kier alpha value is -2.26. The SMILES string of the molecule is CO[C@@H](C)c1nsc(NCCNc2ccc([N+](=O)[O-])cc2)n1. The summed E-state index contributed by atoms with van der Waals surface area (Å²) in [5, 5.41) is 17.6. The van der Waals surface area contributed by atoms with Crippen LogP contribution in [0.1, 0.15) is 18.9 Å². The summed E-state index contributed by atoms with van der Waals surface area (Å²) in [5.41, 5.74) is 0.913. The molecule has 2 N–H and O–H groups in total. The Morgan fingerprint density at radius 3 is 2.64 bits per heavy atom. The molecule has 9 heteroatoms. The van der Waals surface area contributed by atoms with Gasteiger partial charge in [-0.15, -0.1) is 0 Å². The second-order valence-electron chi connectivity index (χ2n) is 4.49. The van der Waals surface area contributed by atoms with Crippen LogP contribution in [0.15, 0.2) is 24.3 Å². The molecule has 0 spiro atoms. The van der Waals surface area contributed by atoms with Crippen LogP contribution in [-0.4, -0.2) is 34.5 Å². The molecule has 2 aromatic rings. The fraction of sp³-hybridized carbons (Fsp3) is 0.385. The number of ether oxygens (including phenoxy) is 1. The average molecular weight is 323 g/mol. The van der Waals surface area contributed by atoms with Gasteiger partial charge in [0.05, 0.1) is 4.92 Å². The van der Waals surface area contributed by atoms with Crippen molar-refractivity contribution in [3.8, 4) is 0 Å². The molecule has 22 heavy (non-hydrogen) atoms. The van der Waals surface area contributed by atoms with Crippen molar-refractivity contribution >= 4 is 28.0 Å². The van der Waals surface area contributed by atoms with Crippen LogP contribution in [0.25, 0.3) is 0 Å². The van der Waals surface area contributed by atoms with Gasteiger partial charge in [-0.2, -0.15) is 4.37 Å². The molecule has 0 fully saturated rings. The van der Waals surface area contributed by atoms with Crippen molar-refractivity contribution < 1.29 is 9.66 Å². The minimum absolute atomic E-state index is 0.0809. The zero-order chi connectivity index (χ0) is 15.9. The third-order valence-electron chi connectivity index (χ3n) is 2.97. The lowest BCUT2D eigenvalue weighted by Gasteiger charge is -2.06. The van der Waals surface area contributed by atoms with Gasteiger partial charge in [-0.25, -0.2) is 4.98 Å². The van der Waals surface area contributed by atoms with E-state index < -0.39 is 4.92 Å². The minimum atomic E-state index is -0.417. The standard InChI is InChI=1S/C13H17N5O3S/c1-9(21-2)12-16-13(22-17-12)15-8-7-14-10-3-5-11(6-4-10)18(19)20/h3-6,9,14H,7-8H2,1-2H3,(H,15,16,17)/t9-/m0/s1. The molecule has 118 valence electrons. The van der Waals surface area contributed by atoms with E-state index in [1.165, 1.54) is 23.7 Å². The minimum Gasteiger partial charge on any atom is -0.383 e. The molecule has 0 bridgehead atoms. The molecule has 0 saturated heterocycles. The van der Waals surface area contributed by atoms with Crippen molar-refractivity contribution in [1.29, 1.82) is 0 Å². The van der Waals surface area contributed by atoms with E-state index in [1.807, 2.05) is 6.92 Å². The van der Waals surface area contributed by atoms with Gasteiger partial charge in [-0.05, 0) is 19.1 Å². The summed E-state index contributed by atoms with van der Waals surface area (Å²) < 4.78 is 9.36. The van der Waals surface area contributed by atoms with Crippen molar-refractivity contribution in [2.24, 2.45) is 0 Å². The molecule has 1 heterocycles. The maximum atomic E-state index is 10.6. The fourth-order valence-electron chi connectivity index (χ4n) is 1.65. The molecule has 1 aromatic heterocycles. The molecule has 1 aromatic carbocycles. The summed E-state index contributed by atoms with van der Waals surface area (Å²) in [4.78, 5) is 14.5.